The Kier molecular flexibility index (Phi) is 8.83. The Hall–Kier alpha value is -5.74. The summed E-state index contributed by atoms with van der Waals surface area (Å²) in [5.74, 6) is -0.279. The summed E-state index contributed by atoms with van der Waals surface area (Å²) < 4.78 is 15.4. The molecule has 1 aliphatic rings. The zero-order chi connectivity index (χ0) is 33.9. The molecule has 0 aliphatic carbocycles. The van der Waals surface area contributed by atoms with Crippen molar-refractivity contribution in [2.24, 2.45) is 0 Å². The Morgan fingerprint density at radius 1 is 0.780 bits per heavy atom. The molecule has 50 heavy (non-hydrogen) atoms. The van der Waals surface area contributed by atoms with Crippen molar-refractivity contribution in [3.05, 3.63) is 162 Å². The van der Waals surface area contributed by atoms with E-state index in [1.807, 2.05) is 103 Å². The molecule has 2 aromatic heterocycles. The van der Waals surface area contributed by atoms with E-state index in [-0.39, 0.29) is 30.4 Å². The molecule has 0 unspecified atom stereocenters. The van der Waals surface area contributed by atoms with Crippen molar-refractivity contribution in [2.45, 2.75) is 44.6 Å². The third-order valence-electron chi connectivity index (χ3n) is 9.17. The molecule has 1 fully saturated rings. The summed E-state index contributed by atoms with van der Waals surface area (Å²) in [6, 6.07) is 39.7. The smallest absolute Gasteiger partial charge is 0.271 e. The van der Waals surface area contributed by atoms with Gasteiger partial charge in [0.05, 0.1) is 60.0 Å². The van der Waals surface area contributed by atoms with E-state index in [4.69, 9.17) is 9.47 Å². The van der Waals surface area contributed by atoms with Crippen LogP contribution in [0, 0.1) is 0 Å². The van der Waals surface area contributed by atoms with E-state index in [2.05, 4.69) is 49.1 Å². The number of carbonyl (C=O) groups excluding carboxylic acids is 1. The quantitative estimate of drug-likeness (QED) is 0.167. The van der Waals surface area contributed by atoms with Crippen LogP contribution in [0.15, 0.2) is 134 Å². The number of ether oxygens (including phenoxy) is 2. The highest BCUT2D eigenvalue weighted by molar-refractivity contribution is 5.93. The van der Waals surface area contributed by atoms with Crippen LogP contribution < -0.4 is 5.32 Å². The van der Waals surface area contributed by atoms with Gasteiger partial charge in [-0.05, 0) is 52.1 Å². The molecule has 0 spiro atoms. The molecule has 5 aromatic carbocycles. The Morgan fingerprint density at radius 2 is 1.50 bits per heavy atom. The maximum Gasteiger partial charge on any atom is 0.271 e. The zero-order valence-electron chi connectivity index (χ0n) is 27.2. The molecule has 1 amide bonds. The van der Waals surface area contributed by atoms with Crippen LogP contribution in [0.3, 0.4) is 0 Å². The summed E-state index contributed by atoms with van der Waals surface area (Å²) in [6.45, 7) is 0.962. The lowest BCUT2D eigenvalue weighted by Gasteiger charge is -2.36. The van der Waals surface area contributed by atoms with Gasteiger partial charge in [0.1, 0.15) is 5.69 Å². The highest BCUT2D eigenvalue weighted by Gasteiger charge is 2.32. The summed E-state index contributed by atoms with van der Waals surface area (Å²) >= 11 is 0. The number of carbonyl (C=O) groups is 1. The molecule has 3 heterocycles. The number of para-hydroxylation sites is 4. The lowest BCUT2D eigenvalue weighted by atomic mass is 9.97. The minimum atomic E-state index is -0.585. The van der Waals surface area contributed by atoms with E-state index in [1.165, 1.54) is 6.20 Å². The van der Waals surface area contributed by atoms with E-state index in [0.29, 0.717) is 25.0 Å². The first-order valence-electron chi connectivity index (χ1n) is 16.7. The molecule has 9 heteroatoms. The van der Waals surface area contributed by atoms with E-state index in [1.54, 1.807) is 0 Å². The molecule has 1 aliphatic heterocycles. The lowest BCUT2D eigenvalue weighted by molar-refractivity contribution is -0.252. The van der Waals surface area contributed by atoms with Crippen molar-refractivity contribution >= 4 is 28.0 Å². The van der Waals surface area contributed by atoms with Crippen molar-refractivity contribution in [3.8, 4) is 11.1 Å². The van der Waals surface area contributed by atoms with Crippen LogP contribution in [0.1, 0.15) is 51.6 Å². The van der Waals surface area contributed by atoms with Crippen LogP contribution >= 0.6 is 0 Å². The fourth-order valence-electron chi connectivity index (χ4n) is 6.52. The number of rotatable bonds is 9. The van der Waals surface area contributed by atoms with Crippen LogP contribution in [0.5, 0.6) is 0 Å². The van der Waals surface area contributed by atoms with Gasteiger partial charge in [-0.3, -0.25) is 9.78 Å². The van der Waals surface area contributed by atoms with Crippen molar-refractivity contribution in [3.63, 3.8) is 0 Å². The van der Waals surface area contributed by atoms with Gasteiger partial charge in [-0.1, -0.05) is 97.1 Å². The lowest BCUT2D eigenvalue weighted by Crippen LogP contribution is -2.32. The molecule has 9 nitrogen and oxygen atoms in total. The molecule has 7 aromatic rings. The van der Waals surface area contributed by atoms with Crippen LogP contribution in [0.25, 0.3) is 33.2 Å². The Bertz CT molecular complexity index is 2270. The summed E-state index contributed by atoms with van der Waals surface area (Å²) in [5, 5.41) is 12.6. The Labute approximate surface area is 289 Å². The van der Waals surface area contributed by atoms with Crippen molar-refractivity contribution in [2.75, 3.05) is 0 Å². The predicted molar refractivity (Wildman–Crippen MR) is 191 cm³/mol. The number of benzene rings is 5. The topological polar surface area (TPSA) is 111 Å². The summed E-state index contributed by atoms with van der Waals surface area (Å²) in [4.78, 5) is 26.5. The number of nitrogens with one attached hydrogen (secondary N) is 1. The van der Waals surface area contributed by atoms with Gasteiger partial charge in [0, 0.05) is 18.5 Å². The van der Waals surface area contributed by atoms with Crippen LogP contribution in [-0.4, -0.2) is 36.6 Å². The van der Waals surface area contributed by atoms with Gasteiger partial charge in [-0.15, -0.1) is 0 Å². The summed E-state index contributed by atoms with van der Waals surface area (Å²) in [5.41, 5.74) is 9.53. The molecule has 0 bridgehead atoms. The first kappa shape index (κ1) is 31.5. The number of aliphatic hydroxyl groups is 1. The Balaban J connectivity index is 1.01. The van der Waals surface area contributed by atoms with Gasteiger partial charge in [-0.2, -0.15) is 0 Å². The van der Waals surface area contributed by atoms with Gasteiger partial charge >= 0.3 is 0 Å². The first-order valence-corrected chi connectivity index (χ1v) is 16.7. The molecule has 1 saturated heterocycles. The van der Waals surface area contributed by atoms with Crippen LogP contribution in [0.2, 0.25) is 0 Å². The zero-order valence-corrected chi connectivity index (χ0v) is 27.2. The molecule has 2 N–H and O–H groups in total. The first-order chi connectivity index (χ1) is 24.6. The maximum absolute atomic E-state index is 13.0. The average Bonchev–Trinajstić information content (AvgIpc) is 3.59. The van der Waals surface area contributed by atoms with Gasteiger partial charge in [0.25, 0.3) is 5.91 Å². The number of hydrogen-bond donors (Lipinski definition) is 2. The third-order valence-corrected chi connectivity index (χ3v) is 9.17. The number of nitrogens with zero attached hydrogens (tertiary/aromatic N) is 4. The second kappa shape index (κ2) is 14.0. The van der Waals surface area contributed by atoms with Crippen LogP contribution in [-0.2, 0) is 29.2 Å². The molecular weight excluding hydrogens is 626 g/mol. The average molecular weight is 662 g/mol. The van der Waals surface area contributed by atoms with Crippen molar-refractivity contribution in [1.82, 2.24) is 24.8 Å². The monoisotopic (exact) mass is 661 g/mol. The van der Waals surface area contributed by atoms with Crippen molar-refractivity contribution < 1.29 is 19.4 Å². The highest BCUT2D eigenvalue weighted by atomic mass is 16.7. The fraction of sp³-hybridized carbons (Fsp3) is 0.171. The molecule has 8 rings (SSSR count). The summed E-state index contributed by atoms with van der Waals surface area (Å²) in [6.07, 6.45) is 3.13. The van der Waals surface area contributed by atoms with E-state index in [9.17, 15) is 9.90 Å². The number of imidazole rings is 1. The standard InChI is InChI=1S/C41H35N5O4/c47-25-27-13-15-29(16-14-27)39-21-32(24-46-26-44-36-11-5-6-12-38(36)46)49-41(50-39)30-19-17-28(18-20-30)33-8-2-1-7-31(33)22-43-40(48)37-23-42-34-9-3-4-10-35(34)45-37/h1-20,23,26,32,39,41,47H,21-22,24-25H2,(H,43,48)/t32-,39+,41+/m1/s1. The SMILES string of the molecule is O=C(NCc1ccccc1-c1ccc([C@H]2O[C@@H](Cn3cnc4ccccc43)C[C@@H](c3ccc(CO)cc3)O2)cc1)c1cnc2ccccc2n1. The maximum atomic E-state index is 13.0. The normalized spacial score (nSPS) is 17.6. The number of fused-ring (bicyclic) bond motifs is 2. The summed E-state index contributed by atoms with van der Waals surface area (Å²) in [7, 11) is 0. The highest BCUT2D eigenvalue weighted by Crippen LogP contribution is 2.39. The molecule has 248 valence electrons. The van der Waals surface area contributed by atoms with Gasteiger partial charge in [0.2, 0.25) is 0 Å². The van der Waals surface area contributed by atoms with Gasteiger partial charge in [-0.25, -0.2) is 9.97 Å². The van der Waals surface area contributed by atoms with E-state index >= 15 is 0 Å². The second-order valence-electron chi connectivity index (χ2n) is 12.4. The number of aliphatic hydroxyl groups excluding tert-OH is 1. The third kappa shape index (κ3) is 6.62. The predicted octanol–water partition coefficient (Wildman–Crippen LogP) is 7.31. The molecule has 0 radical (unpaired) electrons. The largest absolute Gasteiger partial charge is 0.392 e. The molecule has 3 atom stereocenters. The Morgan fingerprint density at radius 3 is 2.32 bits per heavy atom. The number of aromatic nitrogens is 4. The molecule has 0 saturated carbocycles. The van der Waals surface area contributed by atoms with Crippen LogP contribution in [0.4, 0.5) is 0 Å². The van der Waals surface area contributed by atoms with Gasteiger partial charge in [0.15, 0.2) is 6.29 Å². The van der Waals surface area contributed by atoms with E-state index < -0.39 is 6.29 Å². The molecular formula is C41H35N5O4. The van der Waals surface area contributed by atoms with Gasteiger partial charge < -0.3 is 24.5 Å². The second-order valence-corrected chi connectivity index (χ2v) is 12.4. The van der Waals surface area contributed by atoms with E-state index in [0.717, 1.165) is 49.9 Å². The fourth-order valence-corrected chi connectivity index (χ4v) is 6.52. The number of hydrogen-bond acceptors (Lipinski definition) is 7. The number of amides is 1. The minimum Gasteiger partial charge on any atom is -0.392 e. The van der Waals surface area contributed by atoms with Crippen molar-refractivity contribution in [1.29, 1.82) is 0 Å². The minimum absolute atomic E-state index is 0.00511.